The summed E-state index contributed by atoms with van der Waals surface area (Å²) in [5, 5.41) is 7.19. The van der Waals surface area contributed by atoms with Crippen molar-refractivity contribution in [3.05, 3.63) is 64.4 Å². The largest absolute Gasteiger partial charge is 0.494 e. The van der Waals surface area contributed by atoms with Gasteiger partial charge in [0.25, 0.3) is 5.91 Å². The molecular formula is C26H31N5O3S. The van der Waals surface area contributed by atoms with E-state index < -0.39 is 0 Å². The van der Waals surface area contributed by atoms with Gasteiger partial charge >= 0.3 is 0 Å². The number of aromatic amines is 1. The number of rotatable bonds is 8. The third-order valence-electron chi connectivity index (χ3n) is 6.26. The molecule has 0 spiro atoms. The second kappa shape index (κ2) is 11.3. The summed E-state index contributed by atoms with van der Waals surface area (Å²) >= 11 is 5.41. The summed E-state index contributed by atoms with van der Waals surface area (Å²) in [5.74, 6) is 1.55. The van der Waals surface area contributed by atoms with Gasteiger partial charge in [-0.3, -0.25) is 19.3 Å². The second-order valence-corrected chi connectivity index (χ2v) is 8.82. The van der Waals surface area contributed by atoms with Crippen LogP contribution in [0.5, 0.6) is 5.75 Å². The molecule has 35 heavy (non-hydrogen) atoms. The van der Waals surface area contributed by atoms with Crippen molar-refractivity contribution >= 4 is 24.0 Å². The van der Waals surface area contributed by atoms with E-state index in [4.69, 9.17) is 17.0 Å². The third-order valence-corrected chi connectivity index (χ3v) is 6.57. The number of hydrogen-bond acceptors (Lipinski definition) is 5. The molecule has 0 aliphatic carbocycles. The number of ether oxygens (including phenoxy) is 1. The zero-order valence-electron chi connectivity index (χ0n) is 20.2. The van der Waals surface area contributed by atoms with Crippen LogP contribution in [0.15, 0.2) is 48.5 Å². The van der Waals surface area contributed by atoms with Gasteiger partial charge in [-0.25, -0.2) is 0 Å². The number of amides is 2. The zero-order valence-corrected chi connectivity index (χ0v) is 21.0. The summed E-state index contributed by atoms with van der Waals surface area (Å²) in [7, 11) is 0. The maximum Gasteiger partial charge on any atom is 0.253 e. The van der Waals surface area contributed by atoms with Crippen LogP contribution in [0.4, 0.5) is 0 Å². The van der Waals surface area contributed by atoms with Gasteiger partial charge in [-0.2, -0.15) is 5.10 Å². The Balaban J connectivity index is 1.32. The van der Waals surface area contributed by atoms with Gasteiger partial charge in [0.05, 0.1) is 6.61 Å². The monoisotopic (exact) mass is 493 g/mol. The Bertz CT molecular complexity index is 1210. The highest BCUT2D eigenvalue weighted by molar-refractivity contribution is 7.71. The molecule has 0 radical (unpaired) electrons. The fraction of sp³-hybridized carbons (Fsp3) is 0.385. The Hall–Kier alpha value is -3.46. The van der Waals surface area contributed by atoms with Gasteiger partial charge in [-0.1, -0.05) is 19.1 Å². The van der Waals surface area contributed by atoms with Gasteiger partial charge in [0, 0.05) is 50.3 Å². The maximum atomic E-state index is 12.9. The molecule has 1 saturated heterocycles. The zero-order chi connectivity index (χ0) is 24.8. The maximum absolute atomic E-state index is 12.9. The summed E-state index contributed by atoms with van der Waals surface area (Å²) < 4.78 is 7.83. The molecule has 0 bridgehead atoms. The predicted octanol–water partition coefficient (Wildman–Crippen LogP) is 3.94. The number of nitrogens with zero attached hydrogens (tertiary/aromatic N) is 4. The number of hydrogen-bond donors (Lipinski definition) is 1. The van der Waals surface area contributed by atoms with Gasteiger partial charge in [-0.05, 0) is 67.5 Å². The molecule has 1 aromatic heterocycles. The van der Waals surface area contributed by atoms with Crippen molar-refractivity contribution in [1.82, 2.24) is 24.6 Å². The van der Waals surface area contributed by atoms with Crippen LogP contribution < -0.4 is 4.74 Å². The molecule has 2 amide bonds. The van der Waals surface area contributed by atoms with E-state index in [-0.39, 0.29) is 11.8 Å². The molecule has 2 aromatic carbocycles. The Labute approximate surface area is 210 Å². The number of piperazine rings is 1. The minimum Gasteiger partial charge on any atom is -0.494 e. The second-order valence-electron chi connectivity index (χ2n) is 8.43. The summed E-state index contributed by atoms with van der Waals surface area (Å²) in [6, 6.07) is 15.4. The lowest BCUT2D eigenvalue weighted by molar-refractivity contribution is -0.132. The molecule has 3 aromatic rings. The normalized spacial score (nSPS) is 13.7. The number of aromatic nitrogens is 3. The van der Waals surface area contributed by atoms with Crippen LogP contribution in [0.2, 0.25) is 0 Å². The number of nitrogens with one attached hydrogen (secondary N) is 1. The molecule has 2 heterocycles. The van der Waals surface area contributed by atoms with E-state index in [2.05, 4.69) is 17.1 Å². The molecule has 0 saturated carbocycles. The molecule has 1 fully saturated rings. The van der Waals surface area contributed by atoms with Crippen LogP contribution in [0, 0.1) is 4.77 Å². The van der Waals surface area contributed by atoms with Crippen LogP contribution in [-0.4, -0.2) is 69.2 Å². The van der Waals surface area contributed by atoms with E-state index in [0.717, 1.165) is 17.7 Å². The lowest BCUT2D eigenvalue weighted by Crippen LogP contribution is -2.50. The third kappa shape index (κ3) is 5.79. The smallest absolute Gasteiger partial charge is 0.253 e. The predicted molar refractivity (Wildman–Crippen MR) is 137 cm³/mol. The van der Waals surface area contributed by atoms with E-state index in [1.54, 1.807) is 0 Å². The first-order valence-electron chi connectivity index (χ1n) is 12.0. The summed E-state index contributed by atoms with van der Waals surface area (Å²) in [5.41, 5.74) is 2.80. The Morgan fingerprint density at radius 1 is 0.971 bits per heavy atom. The molecular weight excluding hydrogens is 462 g/mol. The Morgan fingerprint density at radius 2 is 1.63 bits per heavy atom. The van der Waals surface area contributed by atoms with Crippen molar-refractivity contribution in [3.63, 3.8) is 0 Å². The Kier molecular flexibility index (Phi) is 7.97. The molecule has 1 N–H and O–H groups in total. The highest BCUT2D eigenvalue weighted by atomic mass is 32.1. The number of aryl methyl sites for hydroxylation is 1. The van der Waals surface area contributed by atoms with Crippen LogP contribution in [0.3, 0.4) is 0 Å². The first kappa shape index (κ1) is 24.7. The Morgan fingerprint density at radius 3 is 2.26 bits per heavy atom. The fourth-order valence-corrected chi connectivity index (χ4v) is 4.43. The van der Waals surface area contributed by atoms with Crippen molar-refractivity contribution in [2.75, 3.05) is 32.8 Å². The van der Waals surface area contributed by atoms with E-state index >= 15 is 0 Å². The highest BCUT2D eigenvalue weighted by Gasteiger charge is 2.25. The van der Waals surface area contributed by atoms with Crippen molar-refractivity contribution < 1.29 is 14.3 Å². The van der Waals surface area contributed by atoms with Gasteiger partial charge in [-0.15, -0.1) is 0 Å². The number of H-pyrrole nitrogens is 1. The lowest BCUT2D eigenvalue weighted by atomic mass is 10.1. The molecule has 1 aliphatic rings. The van der Waals surface area contributed by atoms with Crippen LogP contribution >= 0.6 is 12.2 Å². The molecule has 1 aliphatic heterocycles. The quantitative estimate of drug-likeness (QED) is 0.481. The summed E-state index contributed by atoms with van der Waals surface area (Å²) in [6.07, 6.45) is 1.26. The van der Waals surface area contributed by atoms with Crippen LogP contribution in [0.1, 0.15) is 36.2 Å². The number of carbonyl (C=O) groups excluding carboxylic acids is 2. The van der Waals surface area contributed by atoms with E-state index in [0.29, 0.717) is 61.9 Å². The van der Waals surface area contributed by atoms with Crippen LogP contribution in [0.25, 0.3) is 11.4 Å². The highest BCUT2D eigenvalue weighted by Crippen LogP contribution is 2.21. The van der Waals surface area contributed by atoms with Gasteiger partial charge in [0.15, 0.2) is 10.6 Å². The standard InChI is InChI=1S/C26H31N5O3S/c1-3-19-5-7-21(8-6-19)25(33)30-17-15-29(16-18-30)23(32)13-14-31-24(27-28-26(31)35)20-9-11-22(12-10-20)34-4-2/h5-12H,3-4,13-18H2,1-2H3,(H,28,35). The van der Waals surface area contributed by atoms with Crippen molar-refractivity contribution in [2.45, 2.75) is 33.2 Å². The molecule has 0 unspecified atom stereocenters. The van der Waals surface area contributed by atoms with Gasteiger partial charge in [0.1, 0.15) is 5.75 Å². The van der Waals surface area contributed by atoms with E-state index in [9.17, 15) is 9.59 Å². The minimum atomic E-state index is 0.0180. The van der Waals surface area contributed by atoms with Crippen molar-refractivity contribution in [1.29, 1.82) is 0 Å². The molecule has 4 rings (SSSR count). The van der Waals surface area contributed by atoms with Crippen LogP contribution in [-0.2, 0) is 17.8 Å². The fourth-order valence-electron chi connectivity index (χ4n) is 4.20. The first-order chi connectivity index (χ1) is 17.0. The molecule has 8 nitrogen and oxygen atoms in total. The molecule has 9 heteroatoms. The topological polar surface area (TPSA) is 83.5 Å². The SMILES string of the molecule is CCOc1ccc(-c2n[nH]c(=S)n2CCC(=O)N2CCN(C(=O)c3ccc(CC)cc3)CC2)cc1. The number of benzene rings is 2. The summed E-state index contributed by atoms with van der Waals surface area (Å²) in [4.78, 5) is 29.4. The minimum absolute atomic E-state index is 0.0180. The van der Waals surface area contributed by atoms with E-state index in [1.165, 1.54) is 5.56 Å². The van der Waals surface area contributed by atoms with Gasteiger partial charge in [0.2, 0.25) is 5.91 Å². The summed E-state index contributed by atoms with van der Waals surface area (Å²) in [6.45, 7) is 7.19. The van der Waals surface area contributed by atoms with Crippen molar-refractivity contribution in [3.8, 4) is 17.1 Å². The average molecular weight is 494 g/mol. The van der Waals surface area contributed by atoms with Crippen molar-refractivity contribution in [2.24, 2.45) is 0 Å². The van der Waals surface area contributed by atoms with E-state index in [1.807, 2.05) is 69.8 Å². The molecule has 184 valence electrons. The lowest BCUT2D eigenvalue weighted by Gasteiger charge is -2.35. The average Bonchev–Trinajstić information content (AvgIpc) is 3.27. The number of carbonyl (C=O) groups is 2. The van der Waals surface area contributed by atoms with Gasteiger partial charge < -0.3 is 14.5 Å². The first-order valence-corrected chi connectivity index (χ1v) is 12.5. The molecule has 0 atom stereocenters.